The summed E-state index contributed by atoms with van der Waals surface area (Å²) in [6, 6.07) is 28.6. The van der Waals surface area contributed by atoms with Crippen molar-refractivity contribution in [2.45, 2.75) is 50.1 Å². The molecule has 4 aliphatic carbocycles. The maximum Gasteiger partial charge on any atom is 0.134 e. The van der Waals surface area contributed by atoms with E-state index < -0.39 is 0 Å². The molecule has 0 bridgehead atoms. The second-order valence-corrected chi connectivity index (χ2v) is 13.7. The molecule has 49 heavy (non-hydrogen) atoms. The van der Waals surface area contributed by atoms with E-state index in [0.717, 1.165) is 65.8 Å². The first-order valence-corrected chi connectivity index (χ1v) is 17.2. The third-order valence-electron chi connectivity index (χ3n) is 11.1. The van der Waals surface area contributed by atoms with E-state index in [9.17, 15) is 10.5 Å². The number of anilines is 1. The normalized spacial score (nSPS) is 21.2. The van der Waals surface area contributed by atoms with Crippen LogP contribution in [0.2, 0.25) is 0 Å². The van der Waals surface area contributed by atoms with Crippen LogP contribution < -0.4 is 4.90 Å². The van der Waals surface area contributed by atoms with Crippen LogP contribution in [0.15, 0.2) is 107 Å². The van der Waals surface area contributed by atoms with Crippen molar-refractivity contribution >= 4 is 40.5 Å². The summed E-state index contributed by atoms with van der Waals surface area (Å²) >= 11 is 0. The second-order valence-electron chi connectivity index (χ2n) is 13.7. The summed E-state index contributed by atoms with van der Waals surface area (Å²) in [5.41, 5.74) is 14.3. The Kier molecular flexibility index (Phi) is 6.14. The highest BCUT2D eigenvalue weighted by molar-refractivity contribution is 5.91. The average molecular weight is 633 g/mol. The Morgan fingerprint density at radius 2 is 1.73 bits per heavy atom. The summed E-state index contributed by atoms with van der Waals surface area (Å²) in [5.74, 6) is 1.20. The maximum atomic E-state index is 10.2. The number of fused-ring (bicyclic) bond motifs is 10. The molecular weight excluding hydrogens is 601 g/mol. The van der Waals surface area contributed by atoms with Crippen LogP contribution >= 0.6 is 0 Å². The van der Waals surface area contributed by atoms with E-state index in [-0.39, 0.29) is 18.0 Å². The zero-order valence-corrected chi connectivity index (χ0v) is 26.9. The van der Waals surface area contributed by atoms with Crippen molar-refractivity contribution in [2.75, 3.05) is 4.90 Å². The van der Waals surface area contributed by atoms with Crippen molar-refractivity contribution in [2.24, 2.45) is 0 Å². The summed E-state index contributed by atoms with van der Waals surface area (Å²) in [6.07, 6.45) is 22.5. The van der Waals surface area contributed by atoms with Crippen LogP contribution in [-0.2, 0) is 12.8 Å². The van der Waals surface area contributed by atoms with Gasteiger partial charge in [-0.1, -0.05) is 72.9 Å². The standard InChI is InChI=1S/C44H32N4O/c45-25-27-13-19-40-37(23-27)33-7-1-4-10-38(33)48(40)32-22-28(26-46)21-30(24-32)29-14-16-31(17-15-29)47-39-11-5-2-9-36(39)43-41(47)20-18-35-34-8-3-6-12-42(34)49-44(35)43/h2-6,8-12,14-16,18,20-24,31,41,43H,1,7,13,17,19H2. The van der Waals surface area contributed by atoms with Crippen molar-refractivity contribution in [3.8, 4) is 17.8 Å². The molecule has 0 saturated heterocycles. The molecule has 234 valence electrons. The minimum Gasteiger partial charge on any atom is -0.460 e. The molecule has 10 rings (SSSR count). The van der Waals surface area contributed by atoms with Crippen LogP contribution in [0.25, 0.3) is 40.5 Å². The number of nitriles is 2. The lowest BCUT2D eigenvalue weighted by atomic mass is 9.85. The summed E-state index contributed by atoms with van der Waals surface area (Å²) < 4.78 is 8.90. The van der Waals surface area contributed by atoms with E-state index in [1.54, 1.807) is 0 Å². The molecule has 0 spiro atoms. The predicted octanol–water partition coefficient (Wildman–Crippen LogP) is 9.67. The van der Waals surface area contributed by atoms with Gasteiger partial charge in [-0.2, -0.15) is 10.5 Å². The molecule has 0 amide bonds. The minimum absolute atomic E-state index is 0.142. The monoisotopic (exact) mass is 632 g/mol. The van der Waals surface area contributed by atoms with Gasteiger partial charge in [0.05, 0.1) is 35.7 Å². The topological polar surface area (TPSA) is 68.9 Å². The fraction of sp³-hybridized carbons (Fsp3) is 0.182. The van der Waals surface area contributed by atoms with E-state index in [0.29, 0.717) is 5.56 Å². The van der Waals surface area contributed by atoms with E-state index in [4.69, 9.17) is 4.42 Å². The summed E-state index contributed by atoms with van der Waals surface area (Å²) in [6.45, 7) is 0. The van der Waals surface area contributed by atoms with Gasteiger partial charge in [-0.3, -0.25) is 0 Å². The molecule has 0 radical (unpaired) electrons. The number of hydrogen-bond acceptors (Lipinski definition) is 4. The first-order chi connectivity index (χ1) is 24.2. The molecule has 3 atom stereocenters. The summed E-state index contributed by atoms with van der Waals surface area (Å²) in [7, 11) is 0. The smallest absolute Gasteiger partial charge is 0.134 e. The highest BCUT2D eigenvalue weighted by Crippen LogP contribution is 2.52. The van der Waals surface area contributed by atoms with Gasteiger partial charge in [-0.05, 0) is 96.9 Å². The first kappa shape index (κ1) is 28.0. The van der Waals surface area contributed by atoms with Crippen molar-refractivity contribution in [1.29, 1.82) is 10.5 Å². The molecule has 1 aliphatic heterocycles. The number of aromatic nitrogens is 1. The van der Waals surface area contributed by atoms with Gasteiger partial charge in [-0.25, -0.2) is 0 Å². The lowest BCUT2D eigenvalue weighted by molar-refractivity contribution is 0.489. The second kappa shape index (κ2) is 10.7. The fourth-order valence-electron chi connectivity index (χ4n) is 8.95. The third-order valence-corrected chi connectivity index (χ3v) is 11.1. The highest BCUT2D eigenvalue weighted by Gasteiger charge is 2.45. The van der Waals surface area contributed by atoms with Crippen LogP contribution in [0.1, 0.15) is 75.7 Å². The van der Waals surface area contributed by atoms with Crippen LogP contribution in [-0.4, -0.2) is 16.7 Å². The lowest BCUT2D eigenvalue weighted by Crippen LogP contribution is -2.41. The Hall–Kier alpha value is -6.04. The van der Waals surface area contributed by atoms with Gasteiger partial charge in [-0.15, -0.1) is 0 Å². The molecule has 3 unspecified atom stereocenters. The van der Waals surface area contributed by atoms with Gasteiger partial charge in [0.15, 0.2) is 0 Å². The van der Waals surface area contributed by atoms with Gasteiger partial charge in [0, 0.05) is 44.8 Å². The molecule has 5 aromatic rings. The predicted molar refractivity (Wildman–Crippen MR) is 195 cm³/mol. The first-order valence-electron chi connectivity index (χ1n) is 17.2. The van der Waals surface area contributed by atoms with Gasteiger partial charge in [0.25, 0.3) is 0 Å². The lowest BCUT2D eigenvalue weighted by Gasteiger charge is -2.36. The van der Waals surface area contributed by atoms with Crippen molar-refractivity contribution in [3.05, 3.63) is 153 Å². The molecular formula is C44H32N4O. The molecule has 0 N–H and O–H groups in total. The quantitative estimate of drug-likeness (QED) is 0.199. The average Bonchev–Trinajstić information content (AvgIpc) is 3.82. The van der Waals surface area contributed by atoms with Gasteiger partial charge in [0.1, 0.15) is 11.3 Å². The van der Waals surface area contributed by atoms with Crippen LogP contribution in [0.5, 0.6) is 0 Å². The molecule has 5 nitrogen and oxygen atoms in total. The molecule has 0 saturated carbocycles. The van der Waals surface area contributed by atoms with Crippen molar-refractivity contribution < 1.29 is 4.42 Å². The summed E-state index contributed by atoms with van der Waals surface area (Å²) in [4.78, 5) is 2.57. The van der Waals surface area contributed by atoms with Gasteiger partial charge >= 0.3 is 0 Å². The molecule has 2 aromatic heterocycles. The van der Waals surface area contributed by atoms with Crippen molar-refractivity contribution in [1.82, 2.24) is 4.57 Å². The van der Waals surface area contributed by atoms with E-state index in [1.165, 1.54) is 44.7 Å². The summed E-state index contributed by atoms with van der Waals surface area (Å²) in [5, 5.41) is 21.0. The Balaban J connectivity index is 1.01. The van der Waals surface area contributed by atoms with E-state index in [2.05, 4.69) is 119 Å². The zero-order chi connectivity index (χ0) is 32.6. The number of allylic oxidation sites excluding steroid dienone is 4. The van der Waals surface area contributed by atoms with E-state index in [1.807, 2.05) is 18.2 Å². The Bertz CT molecular complexity index is 2480. The molecule has 3 heterocycles. The van der Waals surface area contributed by atoms with Gasteiger partial charge < -0.3 is 13.9 Å². The van der Waals surface area contributed by atoms with Crippen LogP contribution in [0.4, 0.5) is 5.69 Å². The van der Waals surface area contributed by atoms with Crippen LogP contribution in [0, 0.1) is 22.7 Å². The Labute approximate surface area is 285 Å². The van der Waals surface area contributed by atoms with Gasteiger partial charge in [0.2, 0.25) is 0 Å². The van der Waals surface area contributed by atoms with Crippen LogP contribution in [0.3, 0.4) is 0 Å². The number of para-hydroxylation sites is 2. The van der Waals surface area contributed by atoms with Crippen molar-refractivity contribution in [3.63, 3.8) is 0 Å². The number of furan rings is 1. The Morgan fingerprint density at radius 3 is 2.61 bits per heavy atom. The highest BCUT2D eigenvalue weighted by atomic mass is 16.3. The molecule has 3 aromatic carbocycles. The Morgan fingerprint density at radius 1 is 0.837 bits per heavy atom. The molecule has 5 heteroatoms. The number of benzene rings is 3. The number of hydrogen-bond donors (Lipinski definition) is 0. The number of rotatable bonds is 3. The minimum atomic E-state index is 0.142. The largest absolute Gasteiger partial charge is 0.460 e. The SMILES string of the molecule is N#CC1=Cc2c3c(n(-c4cc(C#N)cc(C5=CCC(N6c7ccccc7C7c8oc9ccccc9c8C=CC76)C=C5)c4)c2CC1)C=CCC3. The third kappa shape index (κ3) is 4.16. The number of nitrogens with zero attached hydrogens (tertiary/aromatic N) is 4. The fourth-order valence-corrected chi connectivity index (χ4v) is 8.95. The van der Waals surface area contributed by atoms with E-state index >= 15 is 0 Å². The molecule has 0 fully saturated rings. The molecule has 5 aliphatic rings. The maximum absolute atomic E-state index is 10.2. The zero-order valence-electron chi connectivity index (χ0n) is 26.9.